The third-order valence-electron chi connectivity index (χ3n) is 4.45. The van der Waals surface area contributed by atoms with Crippen molar-refractivity contribution in [2.24, 2.45) is 23.6 Å². The van der Waals surface area contributed by atoms with Crippen molar-refractivity contribution in [2.45, 2.75) is 45.6 Å². The second-order valence-corrected chi connectivity index (χ2v) is 5.85. The minimum absolute atomic E-state index is 0.256. The van der Waals surface area contributed by atoms with Gasteiger partial charge >= 0.3 is 0 Å². The highest BCUT2D eigenvalue weighted by Crippen LogP contribution is 2.38. The lowest BCUT2D eigenvalue weighted by Gasteiger charge is -2.35. The number of hydrazine groups is 1. The summed E-state index contributed by atoms with van der Waals surface area (Å²) in [6, 6.07) is 4.36. The van der Waals surface area contributed by atoms with Crippen molar-refractivity contribution in [3.8, 4) is 0 Å². The van der Waals surface area contributed by atoms with Crippen LogP contribution in [0.3, 0.4) is 0 Å². The Morgan fingerprint density at radius 1 is 1.22 bits per heavy atom. The lowest BCUT2D eigenvalue weighted by Crippen LogP contribution is -2.35. The van der Waals surface area contributed by atoms with E-state index < -0.39 is 0 Å². The maximum Gasteiger partial charge on any atom is 0.0503 e. The van der Waals surface area contributed by atoms with E-state index in [-0.39, 0.29) is 6.04 Å². The number of hydrogen-bond donors (Lipinski definition) is 2. The Kier molecular flexibility index (Phi) is 4.72. The van der Waals surface area contributed by atoms with Gasteiger partial charge in [0.15, 0.2) is 0 Å². The predicted octanol–water partition coefficient (Wildman–Crippen LogP) is 3.05. The van der Waals surface area contributed by atoms with Crippen LogP contribution in [-0.2, 0) is 0 Å². The summed E-state index contributed by atoms with van der Waals surface area (Å²) in [6.07, 6.45) is 8.95. The van der Waals surface area contributed by atoms with Crippen LogP contribution >= 0.6 is 0 Å². The molecule has 1 aromatic heterocycles. The fourth-order valence-corrected chi connectivity index (χ4v) is 3.21. The minimum atomic E-state index is 0.256. The number of nitrogens with two attached hydrogens (primary N) is 1. The van der Waals surface area contributed by atoms with Crippen molar-refractivity contribution >= 4 is 0 Å². The van der Waals surface area contributed by atoms with Crippen LogP contribution in [0.15, 0.2) is 24.5 Å². The Morgan fingerprint density at radius 2 is 1.89 bits per heavy atom. The topological polar surface area (TPSA) is 50.9 Å². The van der Waals surface area contributed by atoms with Crippen LogP contribution in [-0.4, -0.2) is 4.98 Å². The van der Waals surface area contributed by atoms with E-state index in [1.165, 1.54) is 31.2 Å². The molecular formula is C15H25N3. The van der Waals surface area contributed by atoms with Crippen molar-refractivity contribution in [3.05, 3.63) is 30.1 Å². The third-order valence-corrected chi connectivity index (χ3v) is 4.45. The lowest BCUT2D eigenvalue weighted by molar-refractivity contribution is 0.189. The van der Waals surface area contributed by atoms with Gasteiger partial charge in [0.05, 0.1) is 6.04 Å². The first-order valence-electron chi connectivity index (χ1n) is 7.08. The second kappa shape index (κ2) is 6.30. The number of pyridine rings is 1. The zero-order valence-corrected chi connectivity index (χ0v) is 11.5. The number of nitrogens with zero attached hydrogens (tertiary/aromatic N) is 1. The summed E-state index contributed by atoms with van der Waals surface area (Å²) < 4.78 is 0. The van der Waals surface area contributed by atoms with Crippen LogP contribution in [0.1, 0.15) is 51.1 Å². The molecule has 1 unspecified atom stereocenters. The van der Waals surface area contributed by atoms with Gasteiger partial charge in [0.2, 0.25) is 0 Å². The summed E-state index contributed by atoms with van der Waals surface area (Å²) in [5.74, 6) is 8.11. The van der Waals surface area contributed by atoms with Gasteiger partial charge in [-0.05, 0) is 55.1 Å². The molecule has 100 valence electrons. The Bertz CT molecular complexity index is 342. The van der Waals surface area contributed by atoms with E-state index in [1.807, 2.05) is 18.5 Å². The van der Waals surface area contributed by atoms with Crippen molar-refractivity contribution in [1.82, 2.24) is 10.4 Å². The molecule has 1 aromatic rings. The molecule has 1 aliphatic carbocycles. The van der Waals surface area contributed by atoms with E-state index in [0.717, 1.165) is 11.8 Å². The molecule has 18 heavy (non-hydrogen) atoms. The molecule has 1 saturated carbocycles. The predicted molar refractivity (Wildman–Crippen MR) is 74.6 cm³/mol. The van der Waals surface area contributed by atoms with Gasteiger partial charge in [-0.25, -0.2) is 0 Å². The fraction of sp³-hybridized carbons (Fsp3) is 0.667. The average Bonchev–Trinajstić information content (AvgIpc) is 2.41. The molecule has 0 spiro atoms. The number of aromatic nitrogens is 1. The first-order valence-corrected chi connectivity index (χ1v) is 7.08. The molecule has 0 aromatic carbocycles. The van der Waals surface area contributed by atoms with E-state index in [1.54, 1.807) is 0 Å². The zero-order chi connectivity index (χ0) is 13.0. The van der Waals surface area contributed by atoms with Crippen LogP contribution in [0.5, 0.6) is 0 Å². The van der Waals surface area contributed by atoms with Crippen molar-refractivity contribution in [3.63, 3.8) is 0 Å². The average molecular weight is 247 g/mol. The number of hydrogen-bond acceptors (Lipinski definition) is 3. The van der Waals surface area contributed by atoms with Gasteiger partial charge in [-0.2, -0.15) is 0 Å². The molecule has 1 atom stereocenters. The van der Waals surface area contributed by atoms with Crippen LogP contribution in [0.25, 0.3) is 0 Å². The van der Waals surface area contributed by atoms with E-state index >= 15 is 0 Å². The molecule has 3 nitrogen and oxygen atoms in total. The quantitative estimate of drug-likeness (QED) is 0.635. The third kappa shape index (κ3) is 3.09. The molecule has 0 amide bonds. The van der Waals surface area contributed by atoms with Crippen LogP contribution < -0.4 is 11.3 Å². The van der Waals surface area contributed by atoms with Crippen LogP contribution in [0.2, 0.25) is 0 Å². The maximum absolute atomic E-state index is 5.75. The summed E-state index contributed by atoms with van der Waals surface area (Å²) in [7, 11) is 0. The van der Waals surface area contributed by atoms with Gasteiger partial charge in [0.1, 0.15) is 0 Å². The monoisotopic (exact) mass is 247 g/mol. The first-order chi connectivity index (χ1) is 8.72. The van der Waals surface area contributed by atoms with Crippen molar-refractivity contribution < 1.29 is 0 Å². The minimum Gasteiger partial charge on any atom is -0.271 e. The summed E-state index contributed by atoms with van der Waals surface area (Å²) in [5.41, 5.74) is 4.21. The Labute approximate surface area is 110 Å². The molecule has 1 aliphatic rings. The van der Waals surface area contributed by atoms with E-state index in [9.17, 15) is 0 Å². The second-order valence-electron chi connectivity index (χ2n) is 5.85. The summed E-state index contributed by atoms with van der Waals surface area (Å²) in [5, 5.41) is 0. The Balaban J connectivity index is 1.99. The van der Waals surface area contributed by atoms with Crippen molar-refractivity contribution in [2.75, 3.05) is 0 Å². The molecule has 0 aliphatic heterocycles. The van der Waals surface area contributed by atoms with Gasteiger partial charge in [-0.1, -0.05) is 19.9 Å². The highest BCUT2D eigenvalue weighted by molar-refractivity contribution is 5.15. The molecule has 0 bridgehead atoms. The molecule has 0 radical (unpaired) electrons. The maximum atomic E-state index is 5.75. The Morgan fingerprint density at radius 3 is 2.39 bits per heavy atom. The summed E-state index contributed by atoms with van der Waals surface area (Å²) in [4.78, 5) is 4.20. The first kappa shape index (κ1) is 13.5. The summed E-state index contributed by atoms with van der Waals surface area (Å²) >= 11 is 0. The van der Waals surface area contributed by atoms with E-state index in [2.05, 4.69) is 30.3 Å². The molecule has 1 fully saturated rings. The molecule has 1 heterocycles. The molecule has 3 N–H and O–H groups in total. The highest BCUT2D eigenvalue weighted by atomic mass is 15.2. The van der Waals surface area contributed by atoms with E-state index in [4.69, 9.17) is 5.84 Å². The molecular weight excluding hydrogens is 222 g/mol. The van der Waals surface area contributed by atoms with Gasteiger partial charge in [0.25, 0.3) is 0 Å². The van der Waals surface area contributed by atoms with Crippen LogP contribution in [0.4, 0.5) is 0 Å². The Hall–Kier alpha value is -0.930. The van der Waals surface area contributed by atoms with Crippen molar-refractivity contribution in [1.29, 1.82) is 0 Å². The SMILES string of the molecule is CC(C)C1CCC(C(NN)c2cccnc2)CC1. The summed E-state index contributed by atoms with van der Waals surface area (Å²) in [6.45, 7) is 4.68. The highest BCUT2D eigenvalue weighted by Gasteiger charge is 2.29. The van der Waals surface area contributed by atoms with Crippen LogP contribution in [0, 0.1) is 17.8 Å². The molecule has 2 rings (SSSR count). The normalized spacial score (nSPS) is 26.2. The standard InChI is InChI=1S/C15H25N3/c1-11(2)12-5-7-13(8-6-12)15(18-16)14-4-3-9-17-10-14/h3-4,9-13,15,18H,5-8,16H2,1-2H3. The molecule has 0 saturated heterocycles. The lowest BCUT2D eigenvalue weighted by atomic mass is 9.73. The fourth-order valence-electron chi connectivity index (χ4n) is 3.21. The number of rotatable bonds is 4. The van der Waals surface area contributed by atoms with E-state index in [0.29, 0.717) is 5.92 Å². The smallest absolute Gasteiger partial charge is 0.0503 e. The van der Waals surface area contributed by atoms with Gasteiger partial charge in [-0.15, -0.1) is 0 Å². The molecule has 3 heteroatoms. The number of nitrogens with one attached hydrogen (secondary N) is 1. The van der Waals surface area contributed by atoms with Gasteiger partial charge < -0.3 is 0 Å². The van der Waals surface area contributed by atoms with Gasteiger partial charge in [0, 0.05) is 12.4 Å². The largest absolute Gasteiger partial charge is 0.271 e. The zero-order valence-electron chi connectivity index (χ0n) is 11.5. The van der Waals surface area contributed by atoms with Gasteiger partial charge in [-0.3, -0.25) is 16.3 Å².